The molecule has 1 fully saturated rings. The second-order valence-corrected chi connectivity index (χ2v) is 1.59. The zero-order chi connectivity index (χ0) is 5.82. The van der Waals surface area contributed by atoms with Gasteiger partial charge in [-0.2, -0.15) is 0 Å². The molecule has 1 aliphatic heterocycles. The highest BCUT2D eigenvalue weighted by molar-refractivity contribution is 5.84. The molecule has 1 amide bonds. The Morgan fingerprint density at radius 2 is 2.62 bits per heavy atom. The molecule has 1 saturated heterocycles. The average Bonchev–Trinajstić information content (AvgIpc) is 1.94. The van der Waals surface area contributed by atoms with Crippen molar-refractivity contribution in [1.29, 1.82) is 0 Å². The smallest absolute Gasteiger partial charge is 0.225 e. The molecule has 0 spiro atoms. The van der Waals surface area contributed by atoms with E-state index in [2.05, 4.69) is 5.32 Å². The van der Waals surface area contributed by atoms with Gasteiger partial charge in [0, 0.05) is 6.61 Å². The van der Waals surface area contributed by atoms with Crippen molar-refractivity contribution in [3.63, 3.8) is 0 Å². The van der Waals surface area contributed by atoms with E-state index < -0.39 is 0 Å². The Balaban J connectivity index is 2.27. The number of hydrogen-bond acceptors (Lipinski definition) is 2. The van der Waals surface area contributed by atoms with Gasteiger partial charge in [-0.15, -0.1) is 0 Å². The van der Waals surface area contributed by atoms with Crippen LogP contribution >= 0.6 is 0 Å². The number of carbonyl (C=O) groups excluding carboxylic acids is 1. The second-order valence-electron chi connectivity index (χ2n) is 1.59. The summed E-state index contributed by atoms with van der Waals surface area (Å²) in [5, 5.41) is 2.53. The number of ether oxygens (including phenoxy) is 1. The molecule has 1 aliphatic rings. The lowest BCUT2D eigenvalue weighted by Gasteiger charge is -1.94. The van der Waals surface area contributed by atoms with E-state index in [0.29, 0.717) is 13.3 Å². The first-order chi connectivity index (χ1) is 3.89. The van der Waals surface area contributed by atoms with Crippen LogP contribution in [0.15, 0.2) is 0 Å². The summed E-state index contributed by atoms with van der Waals surface area (Å²) in [5.41, 5.74) is 0. The highest BCUT2D eigenvalue weighted by Crippen LogP contribution is 1.91. The summed E-state index contributed by atoms with van der Waals surface area (Å²) < 4.78 is 4.90. The van der Waals surface area contributed by atoms with Crippen LogP contribution in [0.25, 0.3) is 0 Å². The Labute approximate surface area is 48.0 Å². The third-order valence-corrected chi connectivity index (χ3v) is 0.940. The molecule has 0 atom stereocenters. The topological polar surface area (TPSA) is 38.3 Å². The second kappa shape index (κ2) is 2.67. The lowest BCUT2D eigenvalue weighted by molar-refractivity contribution is -0.118. The Morgan fingerprint density at radius 1 is 1.75 bits per heavy atom. The van der Waals surface area contributed by atoms with Crippen LogP contribution in [0.4, 0.5) is 0 Å². The summed E-state index contributed by atoms with van der Waals surface area (Å²) in [6.07, 6.45) is 2.32. The van der Waals surface area contributed by atoms with Gasteiger partial charge in [0.05, 0.1) is 6.42 Å². The van der Waals surface area contributed by atoms with Crippen LogP contribution in [-0.4, -0.2) is 19.2 Å². The number of carbonyl (C=O) groups is 1. The van der Waals surface area contributed by atoms with Crippen molar-refractivity contribution < 1.29 is 9.53 Å². The third kappa shape index (κ3) is 1.50. The SMILES string of the molecule is O=C1[CH]CCOCN1. The third-order valence-electron chi connectivity index (χ3n) is 0.940. The minimum absolute atomic E-state index is 0.0255. The van der Waals surface area contributed by atoms with E-state index in [-0.39, 0.29) is 5.91 Å². The molecule has 3 nitrogen and oxygen atoms in total. The van der Waals surface area contributed by atoms with E-state index in [0.717, 1.165) is 6.42 Å². The number of hydrogen-bond donors (Lipinski definition) is 1. The molecule has 45 valence electrons. The summed E-state index contributed by atoms with van der Waals surface area (Å²) >= 11 is 0. The standard InChI is InChI=1S/C5H8NO2/c7-5-2-1-3-8-4-6-5/h2H,1,3-4H2,(H,6,7). The van der Waals surface area contributed by atoms with Crippen molar-refractivity contribution in [3.05, 3.63) is 6.42 Å². The van der Waals surface area contributed by atoms with Crippen LogP contribution in [0.1, 0.15) is 6.42 Å². The van der Waals surface area contributed by atoms with Crippen LogP contribution in [0.5, 0.6) is 0 Å². The normalized spacial score (nSPS) is 21.8. The van der Waals surface area contributed by atoms with E-state index in [9.17, 15) is 4.79 Å². The molecule has 1 N–H and O–H groups in total. The largest absolute Gasteiger partial charge is 0.361 e. The van der Waals surface area contributed by atoms with Crippen LogP contribution in [0, 0.1) is 6.42 Å². The summed E-state index contributed by atoms with van der Waals surface area (Å²) in [5.74, 6) is -0.0255. The fourth-order valence-corrected chi connectivity index (χ4v) is 0.540. The number of nitrogens with one attached hydrogen (secondary N) is 1. The maximum atomic E-state index is 10.4. The Hall–Kier alpha value is -0.570. The molecule has 0 unspecified atom stereocenters. The molecule has 0 aromatic carbocycles. The van der Waals surface area contributed by atoms with Crippen LogP contribution in [-0.2, 0) is 9.53 Å². The Morgan fingerprint density at radius 3 is 3.50 bits per heavy atom. The minimum atomic E-state index is -0.0255. The zero-order valence-corrected chi connectivity index (χ0v) is 4.52. The summed E-state index contributed by atoms with van der Waals surface area (Å²) in [7, 11) is 0. The van der Waals surface area contributed by atoms with Gasteiger partial charge >= 0.3 is 0 Å². The molecule has 1 radical (unpaired) electrons. The molecule has 0 saturated carbocycles. The van der Waals surface area contributed by atoms with Gasteiger partial charge < -0.3 is 10.1 Å². The van der Waals surface area contributed by atoms with Crippen LogP contribution in [0.2, 0.25) is 0 Å². The van der Waals surface area contributed by atoms with E-state index in [1.807, 2.05) is 0 Å². The highest BCUT2D eigenvalue weighted by atomic mass is 16.5. The van der Waals surface area contributed by atoms with Gasteiger partial charge in [-0.25, -0.2) is 0 Å². The minimum Gasteiger partial charge on any atom is -0.361 e. The first-order valence-corrected chi connectivity index (χ1v) is 2.58. The maximum absolute atomic E-state index is 10.4. The van der Waals surface area contributed by atoms with Gasteiger partial charge in [0.25, 0.3) is 0 Å². The predicted molar refractivity (Wildman–Crippen MR) is 27.9 cm³/mol. The molecule has 0 aromatic heterocycles. The van der Waals surface area contributed by atoms with E-state index in [1.54, 1.807) is 6.42 Å². The molecular weight excluding hydrogens is 106 g/mol. The van der Waals surface area contributed by atoms with Crippen molar-refractivity contribution in [2.75, 3.05) is 13.3 Å². The Kier molecular flexibility index (Phi) is 1.86. The van der Waals surface area contributed by atoms with Crippen molar-refractivity contribution in [2.24, 2.45) is 0 Å². The van der Waals surface area contributed by atoms with Crippen LogP contribution < -0.4 is 5.32 Å². The quantitative estimate of drug-likeness (QED) is 0.469. The summed E-state index contributed by atoms with van der Waals surface area (Å²) in [4.78, 5) is 10.4. The lowest BCUT2D eigenvalue weighted by atomic mass is 10.3. The molecule has 8 heavy (non-hydrogen) atoms. The molecule has 3 heteroatoms. The molecule has 0 bridgehead atoms. The maximum Gasteiger partial charge on any atom is 0.225 e. The fraction of sp³-hybridized carbons (Fsp3) is 0.600. The van der Waals surface area contributed by atoms with Crippen molar-refractivity contribution >= 4 is 5.91 Å². The van der Waals surface area contributed by atoms with E-state index in [4.69, 9.17) is 4.74 Å². The van der Waals surface area contributed by atoms with Crippen molar-refractivity contribution in [2.45, 2.75) is 6.42 Å². The van der Waals surface area contributed by atoms with Gasteiger partial charge in [0.1, 0.15) is 6.73 Å². The van der Waals surface area contributed by atoms with Crippen LogP contribution in [0.3, 0.4) is 0 Å². The molecule has 1 heterocycles. The first kappa shape index (κ1) is 5.56. The Bertz CT molecular complexity index is 82.4. The monoisotopic (exact) mass is 114 g/mol. The lowest BCUT2D eigenvalue weighted by Crippen LogP contribution is -2.22. The number of amides is 1. The van der Waals surface area contributed by atoms with Gasteiger partial charge in [0.15, 0.2) is 0 Å². The van der Waals surface area contributed by atoms with E-state index in [1.165, 1.54) is 0 Å². The summed E-state index contributed by atoms with van der Waals surface area (Å²) in [6.45, 7) is 1.01. The summed E-state index contributed by atoms with van der Waals surface area (Å²) in [6, 6.07) is 0. The van der Waals surface area contributed by atoms with Crippen molar-refractivity contribution in [3.8, 4) is 0 Å². The van der Waals surface area contributed by atoms with Gasteiger partial charge in [-0.3, -0.25) is 4.79 Å². The molecular formula is C5H8NO2. The molecule has 0 aliphatic carbocycles. The van der Waals surface area contributed by atoms with Gasteiger partial charge in [-0.05, 0) is 6.42 Å². The van der Waals surface area contributed by atoms with Crippen molar-refractivity contribution in [1.82, 2.24) is 5.32 Å². The van der Waals surface area contributed by atoms with Gasteiger partial charge in [-0.1, -0.05) is 0 Å². The molecule has 1 rings (SSSR count). The number of rotatable bonds is 0. The predicted octanol–water partition coefficient (Wildman–Crippen LogP) is -0.315. The van der Waals surface area contributed by atoms with E-state index >= 15 is 0 Å². The zero-order valence-electron chi connectivity index (χ0n) is 4.52. The van der Waals surface area contributed by atoms with Gasteiger partial charge in [0.2, 0.25) is 5.91 Å². The molecule has 0 aromatic rings. The fourth-order valence-electron chi connectivity index (χ4n) is 0.540. The highest BCUT2D eigenvalue weighted by Gasteiger charge is 2.03. The average molecular weight is 114 g/mol. The first-order valence-electron chi connectivity index (χ1n) is 2.58.